The number of ether oxygens (including phenoxy) is 1. The monoisotopic (exact) mass is 430 g/mol. The highest BCUT2D eigenvalue weighted by molar-refractivity contribution is 8.18. The molecule has 6 nitrogen and oxygen atoms in total. The molecule has 0 aromatic heterocycles. The van der Waals surface area contributed by atoms with Crippen molar-refractivity contribution < 1.29 is 19.1 Å². The summed E-state index contributed by atoms with van der Waals surface area (Å²) in [7, 11) is 0. The molecule has 1 heterocycles. The summed E-state index contributed by atoms with van der Waals surface area (Å²) < 4.78 is 5.55. The van der Waals surface area contributed by atoms with Gasteiger partial charge in [-0.2, -0.15) is 0 Å². The standard InChI is InChI=1S/C21H19ClN2O4S/c1-14(28-17-5-3-2-4-6-17)19(25)23-11-12-24-20(26)18(29-21(24)27)13-15-7-9-16(22)10-8-15/h2-10,13-14H,11-12H2,1H3,(H,23,25)/b18-13+. The van der Waals surface area contributed by atoms with Crippen molar-refractivity contribution in [3.63, 3.8) is 0 Å². The highest BCUT2D eigenvalue weighted by atomic mass is 35.5. The van der Waals surface area contributed by atoms with Crippen LogP contribution >= 0.6 is 23.4 Å². The molecule has 1 aliphatic heterocycles. The van der Waals surface area contributed by atoms with Crippen LogP contribution < -0.4 is 10.1 Å². The van der Waals surface area contributed by atoms with Gasteiger partial charge in [0.2, 0.25) is 0 Å². The van der Waals surface area contributed by atoms with Crippen molar-refractivity contribution in [3.8, 4) is 5.75 Å². The number of para-hydroxylation sites is 1. The van der Waals surface area contributed by atoms with Gasteiger partial charge >= 0.3 is 0 Å². The lowest BCUT2D eigenvalue weighted by Crippen LogP contribution is -2.41. The third kappa shape index (κ3) is 5.62. The second-order valence-corrected chi connectivity index (χ2v) is 7.68. The number of imide groups is 1. The van der Waals surface area contributed by atoms with Crippen molar-refractivity contribution in [3.05, 3.63) is 70.1 Å². The van der Waals surface area contributed by atoms with Crippen molar-refractivity contribution in [1.82, 2.24) is 10.2 Å². The molecule has 1 fully saturated rings. The topological polar surface area (TPSA) is 75.7 Å². The van der Waals surface area contributed by atoms with Crippen LogP contribution in [0, 0.1) is 0 Å². The molecule has 8 heteroatoms. The Balaban J connectivity index is 1.51. The maximum Gasteiger partial charge on any atom is 0.293 e. The smallest absolute Gasteiger partial charge is 0.293 e. The largest absolute Gasteiger partial charge is 0.481 e. The van der Waals surface area contributed by atoms with E-state index >= 15 is 0 Å². The number of benzene rings is 2. The van der Waals surface area contributed by atoms with Gasteiger partial charge < -0.3 is 10.1 Å². The maximum atomic E-state index is 12.5. The van der Waals surface area contributed by atoms with Crippen molar-refractivity contribution in [2.75, 3.05) is 13.1 Å². The maximum absolute atomic E-state index is 12.5. The molecule has 150 valence electrons. The summed E-state index contributed by atoms with van der Waals surface area (Å²) in [5.74, 6) is -0.108. The number of thioether (sulfide) groups is 1. The van der Waals surface area contributed by atoms with E-state index in [4.69, 9.17) is 16.3 Å². The lowest BCUT2D eigenvalue weighted by Gasteiger charge is -2.16. The molecule has 1 atom stereocenters. The number of nitrogens with zero attached hydrogens (tertiary/aromatic N) is 1. The van der Waals surface area contributed by atoms with E-state index in [1.807, 2.05) is 18.2 Å². The Labute approximate surface area is 177 Å². The lowest BCUT2D eigenvalue weighted by atomic mass is 10.2. The summed E-state index contributed by atoms with van der Waals surface area (Å²) in [6.45, 7) is 1.87. The van der Waals surface area contributed by atoms with Gasteiger partial charge in [-0.15, -0.1) is 0 Å². The summed E-state index contributed by atoms with van der Waals surface area (Å²) >= 11 is 6.73. The molecule has 29 heavy (non-hydrogen) atoms. The molecule has 0 saturated carbocycles. The normalized spacial score (nSPS) is 16.2. The first-order chi connectivity index (χ1) is 13.9. The highest BCUT2D eigenvalue weighted by Crippen LogP contribution is 2.32. The minimum Gasteiger partial charge on any atom is -0.481 e. The number of hydrogen-bond donors (Lipinski definition) is 1. The van der Waals surface area contributed by atoms with Crippen molar-refractivity contribution in [2.45, 2.75) is 13.0 Å². The van der Waals surface area contributed by atoms with Crippen molar-refractivity contribution >= 4 is 46.5 Å². The number of carbonyl (C=O) groups excluding carboxylic acids is 3. The zero-order chi connectivity index (χ0) is 20.8. The average molecular weight is 431 g/mol. The summed E-state index contributed by atoms with van der Waals surface area (Å²) in [4.78, 5) is 38.3. The predicted octanol–water partition coefficient (Wildman–Crippen LogP) is 3.96. The van der Waals surface area contributed by atoms with Gasteiger partial charge in [0.05, 0.1) is 4.91 Å². The Kier molecular flexibility index (Phi) is 6.95. The quantitative estimate of drug-likeness (QED) is 0.673. The molecule has 1 N–H and O–H groups in total. The number of hydrogen-bond acceptors (Lipinski definition) is 5. The second kappa shape index (κ2) is 9.62. The Bertz CT molecular complexity index is 931. The van der Waals surface area contributed by atoms with E-state index in [0.29, 0.717) is 15.7 Å². The van der Waals surface area contributed by atoms with E-state index in [2.05, 4.69) is 5.32 Å². The first-order valence-electron chi connectivity index (χ1n) is 8.94. The average Bonchev–Trinajstić information content (AvgIpc) is 2.97. The molecule has 0 spiro atoms. The van der Waals surface area contributed by atoms with Crippen LogP contribution in [0.4, 0.5) is 4.79 Å². The SMILES string of the molecule is CC(Oc1ccccc1)C(=O)NCCN1C(=O)S/C(=C/c2ccc(Cl)cc2)C1=O. The third-order valence-corrected chi connectivity index (χ3v) is 5.26. The minimum atomic E-state index is -0.697. The van der Waals surface area contributed by atoms with E-state index in [1.54, 1.807) is 49.4 Å². The fourth-order valence-corrected chi connectivity index (χ4v) is 3.59. The molecule has 1 saturated heterocycles. The van der Waals surface area contributed by atoms with Crippen molar-refractivity contribution in [1.29, 1.82) is 0 Å². The van der Waals surface area contributed by atoms with E-state index in [9.17, 15) is 14.4 Å². The number of carbonyl (C=O) groups is 3. The zero-order valence-corrected chi connectivity index (χ0v) is 17.2. The van der Waals surface area contributed by atoms with Gasteiger partial charge in [0.15, 0.2) is 6.10 Å². The van der Waals surface area contributed by atoms with Gasteiger partial charge in [-0.05, 0) is 54.6 Å². The molecular formula is C21H19ClN2O4S. The number of nitrogens with one attached hydrogen (secondary N) is 1. The van der Waals surface area contributed by atoms with Gasteiger partial charge in [0.1, 0.15) is 5.75 Å². The summed E-state index contributed by atoms with van der Waals surface area (Å²) in [5.41, 5.74) is 0.778. The lowest BCUT2D eigenvalue weighted by molar-refractivity contribution is -0.128. The predicted molar refractivity (Wildman–Crippen MR) is 114 cm³/mol. The molecule has 0 bridgehead atoms. The minimum absolute atomic E-state index is 0.0897. The summed E-state index contributed by atoms with van der Waals surface area (Å²) in [5, 5.41) is 2.92. The van der Waals surface area contributed by atoms with Gasteiger partial charge in [0, 0.05) is 18.1 Å². The van der Waals surface area contributed by atoms with E-state index in [1.165, 1.54) is 0 Å². The van der Waals surface area contributed by atoms with Crippen LogP contribution in [0.25, 0.3) is 6.08 Å². The zero-order valence-electron chi connectivity index (χ0n) is 15.6. The molecule has 3 amide bonds. The molecule has 2 aromatic carbocycles. The Morgan fingerprint density at radius 2 is 1.86 bits per heavy atom. The van der Waals surface area contributed by atoms with E-state index in [-0.39, 0.29) is 30.1 Å². The molecule has 3 rings (SSSR count). The van der Waals surface area contributed by atoms with Crippen LogP contribution in [0.5, 0.6) is 5.75 Å². The summed E-state index contributed by atoms with van der Waals surface area (Å²) in [6.07, 6.45) is 0.951. The number of amides is 3. The Morgan fingerprint density at radius 3 is 2.55 bits per heavy atom. The first-order valence-corrected chi connectivity index (χ1v) is 10.1. The van der Waals surface area contributed by atoms with Gasteiger partial charge in [0.25, 0.3) is 17.1 Å². The van der Waals surface area contributed by atoms with Crippen LogP contribution in [-0.4, -0.2) is 41.1 Å². The van der Waals surface area contributed by atoms with Gasteiger partial charge in [-0.1, -0.05) is 41.9 Å². The van der Waals surface area contributed by atoms with Gasteiger partial charge in [-0.25, -0.2) is 0 Å². The molecule has 2 aromatic rings. The molecule has 0 aliphatic carbocycles. The van der Waals surface area contributed by atoms with Gasteiger partial charge in [-0.3, -0.25) is 19.3 Å². The fourth-order valence-electron chi connectivity index (χ4n) is 2.59. The Hall–Kier alpha value is -2.77. The van der Waals surface area contributed by atoms with Crippen LogP contribution in [0.3, 0.4) is 0 Å². The van der Waals surface area contributed by atoms with Crippen LogP contribution in [0.15, 0.2) is 59.5 Å². The summed E-state index contributed by atoms with van der Waals surface area (Å²) in [6, 6.07) is 16.0. The fraction of sp³-hybridized carbons (Fsp3) is 0.190. The molecular weight excluding hydrogens is 412 g/mol. The van der Waals surface area contributed by atoms with Crippen LogP contribution in [-0.2, 0) is 9.59 Å². The number of halogens is 1. The second-order valence-electron chi connectivity index (χ2n) is 6.25. The molecule has 1 unspecified atom stereocenters. The molecule has 0 radical (unpaired) electrons. The van der Waals surface area contributed by atoms with Crippen LogP contribution in [0.2, 0.25) is 5.02 Å². The highest BCUT2D eigenvalue weighted by Gasteiger charge is 2.34. The first kappa shape index (κ1) is 21.0. The molecule has 1 aliphatic rings. The van der Waals surface area contributed by atoms with E-state index in [0.717, 1.165) is 22.2 Å². The van der Waals surface area contributed by atoms with E-state index < -0.39 is 6.10 Å². The Morgan fingerprint density at radius 1 is 1.17 bits per heavy atom. The van der Waals surface area contributed by atoms with Crippen molar-refractivity contribution in [2.24, 2.45) is 0 Å². The van der Waals surface area contributed by atoms with Crippen LogP contribution in [0.1, 0.15) is 12.5 Å². The third-order valence-electron chi connectivity index (χ3n) is 4.10. The number of rotatable bonds is 7.